The minimum absolute atomic E-state index is 0.0277. The summed E-state index contributed by atoms with van der Waals surface area (Å²) < 4.78 is 2.75. The first kappa shape index (κ1) is 14.3. The van der Waals surface area contributed by atoms with Gasteiger partial charge in [-0.2, -0.15) is 0 Å². The van der Waals surface area contributed by atoms with E-state index >= 15 is 0 Å². The summed E-state index contributed by atoms with van der Waals surface area (Å²) >= 11 is 5.07. The SMILES string of the molecule is CCCC(NC(=O)c1cc(Br)cn1C)c1cccs1. The molecule has 0 spiro atoms. The highest BCUT2D eigenvalue weighted by atomic mass is 79.9. The lowest BCUT2D eigenvalue weighted by atomic mass is 10.1. The zero-order valence-corrected chi connectivity index (χ0v) is 13.4. The first-order valence-electron chi connectivity index (χ1n) is 6.28. The Morgan fingerprint density at radius 3 is 2.89 bits per heavy atom. The fourth-order valence-corrected chi connectivity index (χ4v) is 3.38. The monoisotopic (exact) mass is 340 g/mol. The molecule has 1 amide bonds. The molecule has 2 heterocycles. The lowest BCUT2D eigenvalue weighted by molar-refractivity contribution is 0.0927. The van der Waals surface area contributed by atoms with Gasteiger partial charge in [0, 0.05) is 22.6 Å². The lowest BCUT2D eigenvalue weighted by Crippen LogP contribution is -2.29. The molecule has 1 N–H and O–H groups in total. The zero-order chi connectivity index (χ0) is 13.8. The number of aryl methyl sites for hydroxylation is 1. The van der Waals surface area contributed by atoms with Gasteiger partial charge in [0.05, 0.1) is 6.04 Å². The van der Waals surface area contributed by atoms with Gasteiger partial charge in [-0.15, -0.1) is 11.3 Å². The molecule has 1 unspecified atom stereocenters. The number of rotatable bonds is 5. The molecule has 102 valence electrons. The van der Waals surface area contributed by atoms with Gasteiger partial charge >= 0.3 is 0 Å². The van der Waals surface area contributed by atoms with E-state index < -0.39 is 0 Å². The van der Waals surface area contributed by atoms with Gasteiger partial charge in [0.25, 0.3) is 5.91 Å². The van der Waals surface area contributed by atoms with Crippen molar-refractivity contribution in [1.82, 2.24) is 9.88 Å². The number of thiophene rings is 1. The van der Waals surface area contributed by atoms with E-state index in [4.69, 9.17) is 0 Å². The third-order valence-corrected chi connectivity index (χ3v) is 4.39. The van der Waals surface area contributed by atoms with Gasteiger partial charge in [-0.3, -0.25) is 4.79 Å². The molecular weight excluding hydrogens is 324 g/mol. The van der Waals surface area contributed by atoms with E-state index in [0.29, 0.717) is 5.69 Å². The summed E-state index contributed by atoms with van der Waals surface area (Å²) in [5.41, 5.74) is 0.671. The molecule has 3 nitrogen and oxygen atoms in total. The van der Waals surface area contributed by atoms with Crippen molar-refractivity contribution in [2.45, 2.75) is 25.8 Å². The Labute approximate surface area is 125 Å². The van der Waals surface area contributed by atoms with Crippen LogP contribution in [0, 0.1) is 0 Å². The second-order valence-corrected chi connectivity index (χ2v) is 6.38. The van der Waals surface area contributed by atoms with Gasteiger partial charge in [0.1, 0.15) is 5.69 Å². The Bertz CT molecular complexity index is 548. The number of hydrogen-bond donors (Lipinski definition) is 1. The molecule has 2 aromatic heterocycles. The van der Waals surface area contributed by atoms with E-state index in [2.05, 4.69) is 34.2 Å². The van der Waals surface area contributed by atoms with Crippen LogP contribution in [0.1, 0.15) is 41.2 Å². The van der Waals surface area contributed by atoms with Crippen LogP contribution in [0.3, 0.4) is 0 Å². The molecule has 0 aliphatic carbocycles. The molecule has 0 fully saturated rings. The fourth-order valence-electron chi connectivity index (χ4n) is 2.05. The number of aromatic nitrogens is 1. The lowest BCUT2D eigenvalue weighted by Gasteiger charge is -2.17. The summed E-state index contributed by atoms with van der Waals surface area (Å²) in [7, 11) is 1.87. The molecule has 19 heavy (non-hydrogen) atoms. The molecule has 5 heteroatoms. The van der Waals surface area contributed by atoms with Crippen molar-refractivity contribution >= 4 is 33.2 Å². The molecule has 0 radical (unpaired) electrons. The summed E-state index contributed by atoms with van der Waals surface area (Å²) in [6.07, 6.45) is 3.88. The Kier molecular flexibility index (Phi) is 4.82. The second-order valence-electron chi connectivity index (χ2n) is 4.48. The number of nitrogens with one attached hydrogen (secondary N) is 1. The number of nitrogens with zero attached hydrogens (tertiary/aromatic N) is 1. The van der Waals surface area contributed by atoms with Crippen LogP contribution in [-0.2, 0) is 7.05 Å². The maximum absolute atomic E-state index is 12.3. The van der Waals surface area contributed by atoms with Gasteiger partial charge in [-0.1, -0.05) is 19.4 Å². The van der Waals surface area contributed by atoms with Crippen molar-refractivity contribution in [2.24, 2.45) is 7.05 Å². The Hall–Kier alpha value is -1.07. The van der Waals surface area contributed by atoms with Crippen LogP contribution < -0.4 is 5.32 Å². The molecule has 2 rings (SSSR count). The smallest absolute Gasteiger partial charge is 0.268 e. The molecule has 0 aliphatic heterocycles. The first-order chi connectivity index (χ1) is 9.11. The molecular formula is C14H17BrN2OS. The van der Waals surface area contributed by atoms with Gasteiger partial charge in [0.2, 0.25) is 0 Å². The third kappa shape index (κ3) is 3.48. The van der Waals surface area contributed by atoms with Crippen LogP contribution in [0.2, 0.25) is 0 Å². The number of carbonyl (C=O) groups is 1. The highest BCUT2D eigenvalue weighted by Crippen LogP contribution is 2.24. The normalized spacial score (nSPS) is 12.4. The average molecular weight is 341 g/mol. The van der Waals surface area contributed by atoms with Crippen LogP contribution in [0.25, 0.3) is 0 Å². The van der Waals surface area contributed by atoms with Crippen molar-refractivity contribution in [1.29, 1.82) is 0 Å². The topological polar surface area (TPSA) is 34.0 Å². The van der Waals surface area contributed by atoms with Gasteiger partial charge < -0.3 is 9.88 Å². The van der Waals surface area contributed by atoms with E-state index in [9.17, 15) is 4.79 Å². The molecule has 2 aromatic rings. The quantitative estimate of drug-likeness (QED) is 0.872. The standard InChI is InChI=1S/C14H17BrN2OS/c1-3-5-11(13-6-4-7-19-13)16-14(18)12-8-10(15)9-17(12)2/h4,6-9,11H,3,5H2,1-2H3,(H,16,18). The number of hydrogen-bond acceptors (Lipinski definition) is 2. The van der Waals surface area contributed by atoms with Crippen LogP contribution in [0.4, 0.5) is 0 Å². The first-order valence-corrected chi connectivity index (χ1v) is 7.95. The van der Waals surface area contributed by atoms with Crippen molar-refractivity contribution in [3.05, 3.63) is 44.8 Å². The summed E-state index contributed by atoms with van der Waals surface area (Å²) in [5.74, 6) is -0.0277. The maximum Gasteiger partial charge on any atom is 0.268 e. The summed E-state index contributed by atoms with van der Waals surface area (Å²) in [6.45, 7) is 2.13. The molecule has 0 bridgehead atoms. The van der Waals surface area contributed by atoms with Gasteiger partial charge in [-0.25, -0.2) is 0 Å². The van der Waals surface area contributed by atoms with E-state index in [0.717, 1.165) is 17.3 Å². The molecule has 0 aliphatic rings. The molecule has 1 atom stereocenters. The number of carbonyl (C=O) groups excluding carboxylic acids is 1. The van der Waals surface area contributed by atoms with E-state index in [1.807, 2.05) is 35.3 Å². The van der Waals surface area contributed by atoms with Crippen molar-refractivity contribution < 1.29 is 4.79 Å². The predicted octanol–water partition coefficient (Wildman–Crippen LogP) is 4.12. The van der Waals surface area contributed by atoms with Crippen molar-refractivity contribution in [3.63, 3.8) is 0 Å². The van der Waals surface area contributed by atoms with Crippen LogP contribution in [0.15, 0.2) is 34.2 Å². The van der Waals surface area contributed by atoms with Crippen LogP contribution in [0.5, 0.6) is 0 Å². The summed E-state index contributed by atoms with van der Waals surface area (Å²) in [5, 5.41) is 5.17. The van der Waals surface area contributed by atoms with E-state index in [1.165, 1.54) is 4.88 Å². The Morgan fingerprint density at radius 1 is 1.58 bits per heavy atom. The number of halogens is 1. The average Bonchev–Trinajstić information content (AvgIpc) is 2.98. The second kappa shape index (κ2) is 6.39. The predicted molar refractivity (Wildman–Crippen MR) is 82.5 cm³/mol. The Balaban J connectivity index is 2.13. The van der Waals surface area contributed by atoms with Gasteiger partial charge in [0.15, 0.2) is 0 Å². The summed E-state index contributed by atoms with van der Waals surface area (Å²) in [6, 6.07) is 6.04. The number of amides is 1. The minimum Gasteiger partial charge on any atom is -0.345 e. The summed E-state index contributed by atoms with van der Waals surface area (Å²) in [4.78, 5) is 13.5. The fraction of sp³-hybridized carbons (Fsp3) is 0.357. The largest absolute Gasteiger partial charge is 0.345 e. The van der Waals surface area contributed by atoms with Crippen LogP contribution >= 0.6 is 27.3 Å². The van der Waals surface area contributed by atoms with Crippen LogP contribution in [-0.4, -0.2) is 10.5 Å². The van der Waals surface area contributed by atoms with Gasteiger partial charge in [-0.05, 0) is 39.9 Å². The molecule has 0 saturated heterocycles. The third-order valence-electron chi connectivity index (χ3n) is 2.97. The minimum atomic E-state index is -0.0277. The maximum atomic E-state index is 12.3. The highest BCUT2D eigenvalue weighted by Gasteiger charge is 2.18. The van der Waals surface area contributed by atoms with E-state index in [1.54, 1.807) is 11.3 Å². The zero-order valence-electron chi connectivity index (χ0n) is 11.0. The van der Waals surface area contributed by atoms with Crippen molar-refractivity contribution in [3.8, 4) is 0 Å². The molecule has 0 saturated carbocycles. The molecule has 0 aromatic carbocycles. The van der Waals surface area contributed by atoms with E-state index in [-0.39, 0.29) is 11.9 Å². The van der Waals surface area contributed by atoms with Crippen molar-refractivity contribution in [2.75, 3.05) is 0 Å². The highest BCUT2D eigenvalue weighted by molar-refractivity contribution is 9.10. The Morgan fingerprint density at radius 2 is 2.37 bits per heavy atom.